The molecule has 2 fully saturated rings. The Kier molecular flexibility index (Phi) is 6.33. The number of fused-ring (bicyclic) bond motifs is 1. The molecule has 4 rings (SSSR count). The lowest BCUT2D eigenvalue weighted by Gasteiger charge is -2.34. The molecule has 4 nitrogen and oxygen atoms in total. The van der Waals surface area contributed by atoms with Gasteiger partial charge in [0.1, 0.15) is 5.75 Å². The van der Waals surface area contributed by atoms with E-state index in [4.69, 9.17) is 4.74 Å². The maximum atomic E-state index is 12.8. The van der Waals surface area contributed by atoms with E-state index in [2.05, 4.69) is 21.9 Å². The Morgan fingerprint density at radius 3 is 2.63 bits per heavy atom. The number of carbonyl (C=O) groups excluding carboxylic acids is 1. The molecule has 0 spiro atoms. The topological polar surface area (TPSA) is 32.8 Å². The van der Waals surface area contributed by atoms with Crippen LogP contribution in [0, 0.1) is 5.92 Å². The summed E-state index contributed by atoms with van der Waals surface area (Å²) in [4.78, 5) is 17.6. The fourth-order valence-corrected chi connectivity index (χ4v) is 5.05. The molecule has 1 aromatic carbocycles. The number of hydrogen-bond donors (Lipinski definition) is 0. The Morgan fingerprint density at radius 1 is 1.04 bits per heavy atom. The second kappa shape index (κ2) is 9.09. The number of amides is 1. The molecule has 27 heavy (non-hydrogen) atoms. The highest BCUT2D eigenvalue weighted by Gasteiger charge is 2.28. The van der Waals surface area contributed by atoms with Crippen LogP contribution in [0.4, 0.5) is 0 Å². The Morgan fingerprint density at radius 2 is 1.81 bits per heavy atom. The molecular formula is C23H34N2O2. The number of ether oxygens (including phenoxy) is 1. The Balaban J connectivity index is 1.20. The smallest absolute Gasteiger partial charge is 0.223 e. The molecule has 1 aromatic rings. The van der Waals surface area contributed by atoms with Gasteiger partial charge in [-0.2, -0.15) is 0 Å². The molecule has 1 amide bonds. The fourth-order valence-electron chi connectivity index (χ4n) is 5.05. The zero-order valence-electron chi connectivity index (χ0n) is 16.6. The Hall–Kier alpha value is -1.55. The SMILES string of the molecule is O=C(C[C@@H]1CCOc2ccccc21)N1CCC(CCCN2CCCC2)CC1. The summed E-state index contributed by atoms with van der Waals surface area (Å²) in [6, 6.07) is 8.22. The third kappa shape index (κ3) is 4.84. The van der Waals surface area contributed by atoms with Crippen molar-refractivity contribution in [3.05, 3.63) is 29.8 Å². The molecule has 3 aliphatic heterocycles. The summed E-state index contributed by atoms with van der Waals surface area (Å²) in [5.41, 5.74) is 1.22. The number of benzene rings is 1. The summed E-state index contributed by atoms with van der Waals surface area (Å²) < 4.78 is 5.74. The van der Waals surface area contributed by atoms with E-state index in [-0.39, 0.29) is 0 Å². The number of likely N-dealkylation sites (tertiary alicyclic amines) is 2. The summed E-state index contributed by atoms with van der Waals surface area (Å²) in [5, 5.41) is 0. The molecule has 0 unspecified atom stereocenters. The third-order valence-corrected chi connectivity index (χ3v) is 6.76. The summed E-state index contributed by atoms with van der Waals surface area (Å²) in [7, 11) is 0. The van der Waals surface area contributed by atoms with Gasteiger partial charge in [0.2, 0.25) is 5.91 Å². The molecule has 0 radical (unpaired) electrons. The van der Waals surface area contributed by atoms with Gasteiger partial charge in [0, 0.05) is 19.5 Å². The minimum atomic E-state index is 0.320. The zero-order chi connectivity index (χ0) is 18.5. The van der Waals surface area contributed by atoms with E-state index >= 15 is 0 Å². The molecule has 2 saturated heterocycles. The zero-order valence-corrected chi connectivity index (χ0v) is 16.6. The van der Waals surface area contributed by atoms with Crippen molar-refractivity contribution in [2.24, 2.45) is 5.92 Å². The minimum absolute atomic E-state index is 0.320. The highest BCUT2D eigenvalue weighted by molar-refractivity contribution is 5.77. The largest absolute Gasteiger partial charge is 0.493 e. The van der Waals surface area contributed by atoms with Crippen LogP contribution in [-0.2, 0) is 4.79 Å². The number of nitrogens with zero attached hydrogens (tertiary/aromatic N) is 2. The first-order chi connectivity index (χ1) is 13.3. The van der Waals surface area contributed by atoms with E-state index in [0.717, 1.165) is 37.8 Å². The fraction of sp³-hybridized carbons (Fsp3) is 0.696. The lowest BCUT2D eigenvalue weighted by molar-refractivity contribution is -0.133. The van der Waals surface area contributed by atoms with Crippen molar-refractivity contribution in [3.63, 3.8) is 0 Å². The van der Waals surface area contributed by atoms with Crippen LogP contribution >= 0.6 is 0 Å². The van der Waals surface area contributed by atoms with Gasteiger partial charge in [0.05, 0.1) is 6.61 Å². The van der Waals surface area contributed by atoms with E-state index in [9.17, 15) is 4.79 Å². The molecule has 0 aliphatic carbocycles. The van der Waals surface area contributed by atoms with Crippen molar-refractivity contribution in [2.45, 2.75) is 57.3 Å². The van der Waals surface area contributed by atoms with Crippen LogP contribution in [0.2, 0.25) is 0 Å². The monoisotopic (exact) mass is 370 g/mol. The van der Waals surface area contributed by atoms with Crippen LogP contribution in [0.1, 0.15) is 62.8 Å². The number of hydrogen-bond acceptors (Lipinski definition) is 3. The number of rotatable bonds is 6. The Labute approximate surface area is 163 Å². The second-order valence-electron chi connectivity index (χ2n) is 8.59. The predicted octanol–water partition coefficient (Wildman–Crippen LogP) is 4.06. The van der Waals surface area contributed by atoms with Gasteiger partial charge >= 0.3 is 0 Å². The maximum Gasteiger partial charge on any atom is 0.223 e. The lowest BCUT2D eigenvalue weighted by Crippen LogP contribution is -2.39. The van der Waals surface area contributed by atoms with E-state index in [1.807, 2.05) is 12.1 Å². The van der Waals surface area contributed by atoms with Gasteiger partial charge in [-0.05, 0) is 88.0 Å². The van der Waals surface area contributed by atoms with Crippen LogP contribution in [0.25, 0.3) is 0 Å². The van der Waals surface area contributed by atoms with Crippen molar-refractivity contribution in [1.82, 2.24) is 9.80 Å². The van der Waals surface area contributed by atoms with Gasteiger partial charge in [-0.3, -0.25) is 4.79 Å². The highest BCUT2D eigenvalue weighted by atomic mass is 16.5. The molecule has 4 heteroatoms. The molecule has 0 N–H and O–H groups in total. The van der Waals surface area contributed by atoms with Crippen molar-refractivity contribution in [1.29, 1.82) is 0 Å². The summed E-state index contributed by atoms with van der Waals surface area (Å²) >= 11 is 0. The summed E-state index contributed by atoms with van der Waals surface area (Å²) in [6.45, 7) is 6.54. The van der Waals surface area contributed by atoms with Gasteiger partial charge in [-0.15, -0.1) is 0 Å². The maximum absolute atomic E-state index is 12.8. The molecule has 148 valence electrons. The highest BCUT2D eigenvalue weighted by Crippen LogP contribution is 2.36. The van der Waals surface area contributed by atoms with Gasteiger partial charge in [0.15, 0.2) is 0 Å². The normalized spacial score (nSPS) is 23.9. The molecular weight excluding hydrogens is 336 g/mol. The number of piperidine rings is 1. The molecule has 3 aliphatic rings. The van der Waals surface area contributed by atoms with Gasteiger partial charge in [0.25, 0.3) is 0 Å². The first-order valence-corrected chi connectivity index (χ1v) is 11.0. The molecule has 3 heterocycles. The molecule has 1 atom stereocenters. The van der Waals surface area contributed by atoms with Crippen molar-refractivity contribution < 1.29 is 9.53 Å². The van der Waals surface area contributed by atoms with E-state index in [0.29, 0.717) is 18.2 Å². The molecule has 0 bridgehead atoms. The van der Waals surface area contributed by atoms with Gasteiger partial charge < -0.3 is 14.5 Å². The summed E-state index contributed by atoms with van der Waals surface area (Å²) in [5.74, 6) is 2.45. The summed E-state index contributed by atoms with van der Waals surface area (Å²) in [6.07, 6.45) is 9.42. The van der Waals surface area contributed by atoms with E-state index in [1.165, 1.54) is 63.7 Å². The van der Waals surface area contributed by atoms with Crippen LogP contribution in [-0.4, -0.2) is 55.0 Å². The lowest BCUT2D eigenvalue weighted by atomic mass is 9.88. The average molecular weight is 371 g/mol. The average Bonchev–Trinajstić information content (AvgIpc) is 3.22. The van der Waals surface area contributed by atoms with Crippen LogP contribution < -0.4 is 4.74 Å². The third-order valence-electron chi connectivity index (χ3n) is 6.76. The van der Waals surface area contributed by atoms with Gasteiger partial charge in [-0.1, -0.05) is 18.2 Å². The number of carbonyl (C=O) groups is 1. The van der Waals surface area contributed by atoms with Gasteiger partial charge in [-0.25, -0.2) is 0 Å². The number of para-hydroxylation sites is 1. The van der Waals surface area contributed by atoms with Crippen molar-refractivity contribution in [3.8, 4) is 5.75 Å². The van der Waals surface area contributed by atoms with Crippen LogP contribution in [0.15, 0.2) is 24.3 Å². The van der Waals surface area contributed by atoms with E-state index in [1.54, 1.807) is 0 Å². The van der Waals surface area contributed by atoms with Crippen LogP contribution in [0.3, 0.4) is 0 Å². The minimum Gasteiger partial charge on any atom is -0.493 e. The quantitative estimate of drug-likeness (QED) is 0.757. The Bertz CT molecular complexity index is 619. The standard InChI is InChI=1S/C23H34N2O2/c26-23(18-20-11-17-27-22-8-2-1-7-21(20)22)25-15-9-19(10-16-25)6-5-14-24-12-3-4-13-24/h1-2,7-8,19-20H,3-6,9-18H2/t20-/m0/s1. The first kappa shape index (κ1) is 18.8. The predicted molar refractivity (Wildman–Crippen MR) is 108 cm³/mol. The van der Waals surface area contributed by atoms with Crippen molar-refractivity contribution in [2.75, 3.05) is 39.3 Å². The van der Waals surface area contributed by atoms with Crippen molar-refractivity contribution >= 4 is 5.91 Å². The second-order valence-corrected chi connectivity index (χ2v) is 8.59. The first-order valence-electron chi connectivity index (χ1n) is 11.0. The molecule has 0 saturated carbocycles. The van der Waals surface area contributed by atoms with E-state index < -0.39 is 0 Å². The molecule has 0 aromatic heterocycles. The van der Waals surface area contributed by atoms with Crippen LogP contribution in [0.5, 0.6) is 5.75 Å².